The third-order valence-electron chi connectivity index (χ3n) is 3.18. The molecule has 1 aliphatic rings. The van der Waals surface area contributed by atoms with E-state index in [1.807, 2.05) is 6.92 Å². The lowest BCUT2D eigenvalue weighted by atomic mass is 9.98. The summed E-state index contributed by atoms with van der Waals surface area (Å²) in [5.74, 6) is 0.274. The number of carbonyl (C=O) groups is 1. The molecule has 0 amide bonds. The number of nitrogen functional groups attached to an aromatic ring is 1. The van der Waals surface area contributed by atoms with Crippen LogP contribution in [0.2, 0.25) is 0 Å². The molecule has 1 aromatic heterocycles. The molecule has 18 heavy (non-hydrogen) atoms. The zero-order chi connectivity index (χ0) is 13.1. The van der Waals surface area contributed by atoms with Crippen molar-refractivity contribution in [3.8, 4) is 0 Å². The van der Waals surface area contributed by atoms with Crippen molar-refractivity contribution in [2.45, 2.75) is 32.2 Å². The first-order chi connectivity index (χ1) is 8.69. The number of carbonyl (C=O) groups excluding carboxylic acids is 1. The third kappa shape index (κ3) is 2.20. The molecular formula is C12H19N3O3. The molecule has 6 nitrogen and oxygen atoms in total. The molecule has 6 heteroatoms. The second kappa shape index (κ2) is 5.39. The lowest BCUT2D eigenvalue weighted by molar-refractivity contribution is 0.0591. The van der Waals surface area contributed by atoms with Crippen LogP contribution in [0, 0.1) is 0 Å². The van der Waals surface area contributed by atoms with Gasteiger partial charge in [0.25, 0.3) is 0 Å². The number of aromatic nitrogens is 2. The summed E-state index contributed by atoms with van der Waals surface area (Å²) in [5, 5.41) is 4.28. The first kappa shape index (κ1) is 12.9. The van der Waals surface area contributed by atoms with E-state index in [0.717, 1.165) is 18.4 Å². The van der Waals surface area contributed by atoms with Crippen LogP contribution >= 0.6 is 0 Å². The number of nitrogens with zero attached hydrogens (tertiary/aromatic N) is 2. The van der Waals surface area contributed by atoms with E-state index in [-0.39, 0.29) is 5.92 Å². The standard InChI is InChI=1S/C12H19N3O3/c1-3-5-15-11(13)9(8-4-6-18-7-8)10(14-15)12(16)17-2/h8H,3-7,13H2,1-2H3. The molecule has 0 radical (unpaired) electrons. The maximum Gasteiger partial charge on any atom is 0.358 e. The average Bonchev–Trinajstić information content (AvgIpc) is 2.98. The highest BCUT2D eigenvalue weighted by atomic mass is 16.5. The van der Waals surface area contributed by atoms with E-state index >= 15 is 0 Å². The quantitative estimate of drug-likeness (QED) is 0.815. The van der Waals surface area contributed by atoms with Crippen molar-refractivity contribution >= 4 is 11.8 Å². The van der Waals surface area contributed by atoms with E-state index in [9.17, 15) is 4.79 Å². The van der Waals surface area contributed by atoms with Gasteiger partial charge in [0.1, 0.15) is 5.82 Å². The number of rotatable bonds is 4. The summed E-state index contributed by atoms with van der Waals surface area (Å²) in [4.78, 5) is 11.8. The molecular weight excluding hydrogens is 234 g/mol. The molecule has 1 aliphatic heterocycles. The summed E-state index contributed by atoms with van der Waals surface area (Å²) < 4.78 is 11.8. The summed E-state index contributed by atoms with van der Waals surface area (Å²) in [6, 6.07) is 0. The largest absolute Gasteiger partial charge is 0.464 e. The smallest absolute Gasteiger partial charge is 0.358 e. The predicted molar refractivity (Wildman–Crippen MR) is 66.4 cm³/mol. The highest BCUT2D eigenvalue weighted by Crippen LogP contribution is 2.32. The fourth-order valence-electron chi connectivity index (χ4n) is 2.28. The second-order valence-electron chi connectivity index (χ2n) is 4.42. The normalized spacial score (nSPS) is 19.1. The molecule has 100 valence electrons. The van der Waals surface area contributed by atoms with Crippen LogP contribution in [0.4, 0.5) is 5.82 Å². The molecule has 1 unspecified atom stereocenters. The van der Waals surface area contributed by atoms with E-state index in [0.29, 0.717) is 31.3 Å². The van der Waals surface area contributed by atoms with Crippen LogP contribution in [0.15, 0.2) is 0 Å². The third-order valence-corrected chi connectivity index (χ3v) is 3.18. The molecule has 1 fully saturated rings. The van der Waals surface area contributed by atoms with Gasteiger partial charge in [-0.15, -0.1) is 0 Å². The van der Waals surface area contributed by atoms with Gasteiger partial charge in [0, 0.05) is 24.6 Å². The van der Waals surface area contributed by atoms with Gasteiger partial charge in [0.2, 0.25) is 0 Å². The van der Waals surface area contributed by atoms with E-state index < -0.39 is 5.97 Å². The Labute approximate surface area is 106 Å². The highest BCUT2D eigenvalue weighted by Gasteiger charge is 2.30. The van der Waals surface area contributed by atoms with Gasteiger partial charge >= 0.3 is 5.97 Å². The summed E-state index contributed by atoms with van der Waals surface area (Å²) in [6.07, 6.45) is 1.78. The van der Waals surface area contributed by atoms with E-state index in [4.69, 9.17) is 15.2 Å². The number of nitrogens with two attached hydrogens (primary N) is 1. The zero-order valence-electron chi connectivity index (χ0n) is 10.8. The minimum absolute atomic E-state index is 0.143. The molecule has 0 bridgehead atoms. The van der Waals surface area contributed by atoms with Gasteiger partial charge in [0.05, 0.1) is 13.7 Å². The molecule has 0 saturated carbocycles. The van der Waals surface area contributed by atoms with Crippen molar-refractivity contribution in [1.82, 2.24) is 9.78 Å². The lowest BCUT2D eigenvalue weighted by Gasteiger charge is -2.08. The molecule has 0 aliphatic carbocycles. The number of aryl methyl sites for hydroxylation is 1. The van der Waals surface area contributed by atoms with E-state index in [1.165, 1.54) is 7.11 Å². The van der Waals surface area contributed by atoms with E-state index in [1.54, 1.807) is 4.68 Å². The average molecular weight is 253 g/mol. The minimum Gasteiger partial charge on any atom is -0.464 e. The van der Waals surface area contributed by atoms with Crippen LogP contribution in [0.1, 0.15) is 41.7 Å². The van der Waals surface area contributed by atoms with Gasteiger partial charge in [-0.25, -0.2) is 9.48 Å². The fourth-order valence-corrected chi connectivity index (χ4v) is 2.28. The van der Waals surface area contributed by atoms with Gasteiger partial charge in [-0.2, -0.15) is 5.10 Å². The summed E-state index contributed by atoms with van der Waals surface area (Å²) in [7, 11) is 1.35. The first-order valence-electron chi connectivity index (χ1n) is 6.21. The molecule has 1 aromatic rings. The van der Waals surface area contributed by atoms with Crippen molar-refractivity contribution in [2.75, 3.05) is 26.1 Å². The predicted octanol–water partition coefficient (Wildman–Crippen LogP) is 1.17. The molecule has 2 N–H and O–H groups in total. The molecule has 2 rings (SSSR count). The molecule has 1 saturated heterocycles. The number of hydrogen-bond acceptors (Lipinski definition) is 5. The SMILES string of the molecule is CCCn1nc(C(=O)OC)c(C2CCOC2)c1N. The molecule has 1 atom stereocenters. The number of methoxy groups -OCH3 is 1. The maximum absolute atomic E-state index is 11.8. The van der Waals surface area contributed by atoms with Crippen LogP contribution in [0.3, 0.4) is 0 Å². The fraction of sp³-hybridized carbons (Fsp3) is 0.667. The lowest BCUT2D eigenvalue weighted by Crippen LogP contribution is -2.09. The Balaban J connectivity index is 2.42. The van der Waals surface area contributed by atoms with Crippen molar-refractivity contribution in [1.29, 1.82) is 0 Å². The van der Waals surface area contributed by atoms with Gasteiger partial charge < -0.3 is 15.2 Å². The maximum atomic E-state index is 11.8. The summed E-state index contributed by atoms with van der Waals surface area (Å²) in [5.41, 5.74) is 7.22. The Hall–Kier alpha value is -1.56. The Kier molecular flexibility index (Phi) is 3.86. The van der Waals surface area contributed by atoms with Gasteiger partial charge in [-0.05, 0) is 12.8 Å². The monoisotopic (exact) mass is 253 g/mol. The number of hydrogen-bond donors (Lipinski definition) is 1. The van der Waals surface area contributed by atoms with Gasteiger partial charge in [0.15, 0.2) is 5.69 Å². The molecule has 0 aromatic carbocycles. The Morgan fingerprint density at radius 3 is 3.00 bits per heavy atom. The molecule has 2 heterocycles. The number of ether oxygens (including phenoxy) is 2. The number of anilines is 1. The van der Waals surface area contributed by atoms with Crippen LogP contribution in [-0.2, 0) is 16.0 Å². The Morgan fingerprint density at radius 2 is 2.44 bits per heavy atom. The van der Waals surface area contributed by atoms with Crippen molar-refractivity contribution in [3.05, 3.63) is 11.3 Å². The van der Waals surface area contributed by atoms with Crippen LogP contribution in [0.5, 0.6) is 0 Å². The topological polar surface area (TPSA) is 79.4 Å². The molecule has 0 spiro atoms. The van der Waals surface area contributed by atoms with Crippen molar-refractivity contribution in [2.24, 2.45) is 0 Å². The van der Waals surface area contributed by atoms with Gasteiger partial charge in [-0.3, -0.25) is 0 Å². The summed E-state index contributed by atoms with van der Waals surface area (Å²) >= 11 is 0. The zero-order valence-corrected chi connectivity index (χ0v) is 10.8. The van der Waals surface area contributed by atoms with Crippen molar-refractivity contribution in [3.63, 3.8) is 0 Å². The van der Waals surface area contributed by atoms with Crippen LogP contribution < -0.4 is 5.73 Å². The van der Waals surface area contributed by atoms with Crippen LogP contribution in [-0.4, -0.2) is 36.1 Å². The summed E-state index contributed by atoms with van der Waals surface area (Å²) in [6.45, 7) is 4.02. The number of esters is 1. The van der Waals surface area contributed by atoms with Crippen LogP contribution in [0.25, 0.3) is 0 Å². The Bertz CT molecular complexity index is 436. The van der Waals surface area contributed by atoms with E-state index in [2.05, 4.69) is 5.10 Å². The second-order valence-corrected chi connectivity index (χ2v) is 4.42. The highest BCUT2D eigenvalue weighted by molar-refractivity contribution is 5.90. The minimum atomic E-state index is -0.432. The Morgan fingerprint density at radius 1 is 1.67 bits per heavy atom. The first-order valence-corrected chi connectivity index (χ1v) is 6.21. The van der Waals surface area contributed by atoms with Crippen molar-refractivity contribution < 1.29 is 14.3 Å². The van der Waals surface area contributed by atoms with Gasteiger partial charge in [-0.1, -0.05) is 6.92 Å².